The van der Waals surface area contributed by atoms with Gasteiger partial charge in [0.05, 0.1) is 12.8 Å². The molecular weight excluding hydrogens is 339 g/mol. The lowest BCUT2D eigenvalue weighted by Gasteiger charge is -2.09. The second-order valence-electron chi connectivity index (χ2n) is 5.25. The topological polar surface area (TPSA) is 49.3 Å². The van der Waals surface area contributed by atoms with E-state index in [2.05, 4.69) is 5.32 Å². The Labute approximate surface area is 149 Å². The van der Waals surface area contributed by atoms with Crippen molar-refractivity contribution in [3.63, 3.8) is 0 Å². The Morgan fingerprint density at radius 3 is 2.44 bits per heavy atom. The van der Waals surface area contributed by atoms with Crippen molar-refractivity contribution in [1.29, 1.82) is 0 Å². The minimum atomic E-state index is -0.371. The van der Waals surface area contributed by atoms with Gasteiger partial charge in [-0.2, -0.15) is 4.57 Å². The average molecular weight is 355 g/mol. The van der Waals surface area contributed by atoms with Crippen LogP contribution < -0.4 is 9.88 Å². The van der Waals surface area contributed by atoms with Crippen LogP contribution >= 0.6 is 12.2 Å². The summed E-state index contributed by atoms with van der Waals surface area (Å²) in [5.74, 6) is 0.304. The molecule has 2 N–H and O–H groups in total. The van der Waals surface area contributed by atoms with E-state index in [1.165, 1.54) is 24.3 Å². The van der Waals surface area contributed by atoms with Crippen LogP contribution in [0.25, 0.3) is 11.5 Å². The Balaban J connectivity index is 1.96. The maximum atomic E-state index is 13.2. The van der Waals surface area contributed by atoms with Gasteiger partial charge in [-0.15, -0.1) is 0 Å². The standard InChI is InChI=1S/C19H15FN2O2S/c20-15-8-6-14(7-9-15)18(23)17(22-10-2-1-3-11-22)19(25)21-13-16-5-4-12-24-16/h1-12H,13H2,(H-,21,23,25)/p+1. The van der Waals surface area contributed by atoms with Crippen LogP contribution in [0.3, 0.4) is 0 Å². The van der Waals surface area contributed by atoms with Crippen LogP contribution in [0.5, 0.6) is 0 Å². The van der Waals surface area contributed by atoms with Crippen LogP contribution in [0, 0.1) is 5.82 Å². The van der Waals surface area contributed by atoms with Gasteiger partial charge in [0.15, 0.2) is 23.1 Å². The molecule has 0 spiro atoms. The number of hydrogen-bond donors (Lipinski definition) is 2. The number of pyridine rings is 1. The average Bonchev–Trinajstić information content (AvgIpc) is 3.15. The molecule has 0 aliphatic rings. The molecule has 4 nitrogen and oxygen atoms in total. The zero-order valence-corrected chi connectivity index (χ0v) is 14.0. The maximum absolute atomic E-state index is 13.2. The maximum Gasteiger partial charge on any atom is 0.287 e. The molecule has 3 rings (SSSR count). The van der Waals surface area contributed by atoms with Gasteiger partial charge in [0.1, 0.15) is 11.6 Å². The predicted octanol–water partition coefficient (Wildman–Crippen LogP) is 3.71. The molecule has 0 radical (unpaired) electrons. The number of thiocarbonyl (C=S) groups is 1. The molecule has 0 atom stereocenters. The molecular formula is C19H16FN2O2S+. The van der Waals surface area contributed by atoms with Crippen molar-refractivity contribution >= 4 is 28.7 Å². The zero-order chi connectivity index (χ0) is 17.6. The van der Waals surface area contributed by atoms with Crippen molar-refractivity contribution in [3.8, 4) is 0 Å². The Bertz CT molecular complexity index is 876. The van der Waals surface area contributed by atoms with E-state index in [0.717, 1.165) is 5.76 Å². The molecule has 6 heteroatoms. The number of rotatable bonds is 5. The Morgan fingerprint density at radius 2 is 1.80 bits per heavy atom. The van der Waals surface area contributed by atoms with Crippen LogP contribution in [0.15, 0.2) is 77.7 Å². The molecule has 0 fully saturated rings. The monoisotopic (exact) mass is 355 g/mol. The zero-order valence-electron chi connectivity index (χ0n) is 13.2. The second-order valence-corrected chi connectivity index (χ2v) is 5.66. The highest BCUT2D eigenvalue weighted by Crippen LogP contribution is 2.17. The summed E-state index contributed by atoms with van der Waals surface area (Å²) in [6.07, 6.45) is 5.13. The fraction of sp³-hybridized carbons (Fsp3) is 0.0526. The highest BCUT2D eigenvalue weighted by atomic mass is 32.1. The lowest BCUT2D eigenvalue weighted by Crippen LogP contribution is -2.40. The number of nitrogens with one attached hydrogen (secondary N) is 1. The highest BCUT2D eigenvalue weighted by molar-refractivity contribution is 7.81. The lowest BCUT2D eigenvalue weighted by molar-refractivity contribution is -0.576. The predicted molar refractivity (Wildman–Crippen MR) is 96.9 cm³/mol. The third kappa shape index (κ3) is 4.10. The minimum absolute atomic E-state index is 0.0480. The van der Waals surface area contributed by atoms with Crippen LogP contribution in [0.1, 0.15) is 11.3 Å². The number of halogens is 1. The van der Waals surface area contributed by atoms with Crippen LogP contribution in [-0.2, 0) is 6.54 Å². The Kier molecular flexibility index (Phi) is 5.20. The summed E-state index contributed by atoms with van der Waals surface area (Å²) in [7, 11) is 0. The third-order valence-corrected chi connectivity index (χ3v) is 3.87. The van der Waals surface area contributed by atoms with E-state index in [4.69, 9.17) is 16.6 Å². The molecule has 25 heavy (non-hydrogen) atoms. The normalized spacial score (nSPS) is 11.7. The van der Waals surface area contributed by atoms with Crippen molar-refractivity contribution < 1.29 is 18.5 Å². The molecule has 1 aromatic carbocycles. The molecule has 0 aliphatic heterocycles. The number of hydrogen-bond acceptors (Lipinski definition) is 3. The fourth-order valence-electron chi connectivity index (χ4n) is 2.30. The van der Waals surface area contributed by atoms with Crippen LogP contribution in [-0.4, -0.2) is 10.1 Å². The van der Waals surface area contributed by atoms with E-state index in [1.807, 2.05) is 24.3 Å². The second kappa shape index (κ2) is 7.72. The van der Waals surface area contributed by atoms with Gasteiger partial charge >= 0.3 is 0 Å². The molecule has 0 bridgehead atoms. The number of benzene rings is 1. The van der Waals surface area contributed by atoms with E-state index in [1.54, 1.807) is 29.3 Å². The van der Waals surface area contributed by atoms with Crippen LogP contribution in [0.2, 0.25) is 0 Å². The van der Waals surface area contributed by atoms with Crippen molar-refractivity contribution in [2.24, 2.45) is 0 Å². The van der Waals surface area contributed by atoms with Gasteiger partial charge < -0.3 is 14.8 Å². The Morgan fingerprint density at radius 1 is 1.08 bits per heavy atom. The summed E-state index contributed by atoms with van der Waals surface area (Å²) in [5.41, 5.74) is 0.865. The van der Waals surface area contributed by atoms with Crippen molar-refractivity contribution in [1.82, 2.24) is 5.32 Å². The molecule has 0 unspecified atom stereocenters. The van der Waals surface area contributed by atoms with E-state index in [0.29, 0.717) is 22.8 Å². The van der Waals surface area contributed by atoms with Crippen molar-refractivity contribution in [2.75, 3.05) is 0 Å². The smallest absolute Gasteiger partial charge is 0.287 e. The molecule has 3 aromatic rings. The first-order valence-corrected chi connectivity index (χ1v) is 8.02. The summed E-state index contributed by atoms with van der Waals surface area (Å²) in [4.78, 5) is 0.342. The van der Waals surface area contributed by atoms with Crippen LogP contribution in [0.4, 0.5) is 4.39 Å². The van der Waals surface area contributed by atoms with E-state index in [9.17, 15) is 9.50 Å². The molecule has 2 heterocycles. The van der Waals surface area contributed by atoms with E-state index in [-0.39, 0.29) is 11.6 Å². The lowest BCUT2D eigenvalue weighted by atomic mass is 10.1. The summed E-state index contributed by atoms with van der Waals surface area (Å²) < 4.78 is 20.1. The first kappa shape index (κ1) is 16.9. The van der Waals surface area contributed by atoms with Gasteiger partial charge in [-0.3, -0.25) is 0 Å². The van der Waals surface area contributed by atoms with Crippen molar-refractivity contribution in [2.45, 2.75) is 6.54 Å². The van der Waals surface area contributed by atoms with Gasteiger partial charge in [-0.1, -0.05) is 18.3 Å². The number of nitrogens with zero attached hydrogens (tertiary/aromatic N) is 1. The van der Waals surface area contributed by atoms with Gasteiger partial charge in [-0.25, -0.2) is 4.39 Å². The molecule has 0 saturated heterocycles. The van der Waals surface area contributed by atoms with Gasteiger partial charge in [0, 0.05) is 17.7 Å². The quantitative estimate of drug-likeness (QED) is 0.317. The fourth-order valence-corrected chi connectivity index (χ4v) is 2.58. The first-order valence-electron chi connectivity index (χ1n) is 7.61. The van der Waals surface area contributed by atoms with E-state index < -0.39 is 0 Å². The van der Waals surface area contributed by atoms with Gasteiger partial charge in [-0.05, 0) is 36.4 Å². The van der Waals surface area contributed by atoms with Crippen molar-refractivity contribution in [3.05, 3.63) is 90.4 Å². The third-order valence-electron chi connectivity index (χ3n) is 3.53. The molecule has 2 aromatic heterocycles. The molecule has 126 valence electrons. The summed E-state index contributed by atoms with van der Waals surface area (Å²) in [6.45, 7) is 0.388. The summed E-state index contributed by atoms with van der Waals surface area (Å²) >= 11 is 5.47. The SMILES string of the molecule is O/C(=C(\C(=S)NCc1ccco1)[n+]1ccccc1)c1ccc(F)cc1. The Hall–Kier alpha value is -2.99. The highest BCUT2D eigenvalue weighted by Gasteiger charge is 2.23. The molecule has 0 saturated carbocycles. The number of aliphatic hydroxyl groups excluding tert-OH is 1. The number of aromatic nitrogens is 1. The summed E-state index contributed by atoms with van der Waals surface area (Å²) in [6, 6.07) is 14.7. The largest absolute Gasteiger partial charge is 0.502 e. The minimum Gasteiger partial charge on any atom is -0.502 e. The number of aliphatic hydroxyl groups is 1. The molecule has 0 amide bonds. The first-order chi connectivity index (χ1) is 12.1. The van der Waals surface area contributed by atoms with E-state index >= 15 is 0 Å². The number of furan rings is 1. The van der Waals surface area contributed by atoms with Gasteiger partial charge in [0.25, 0.3) is 5.70 Å². The summed E-state index contributed by atoms with van der Waals surface area (Å²) in [5, 5.41) is 13.8. The molecule has 0 aliphatic carbocycles. The van der Waals surface area contributed by atoms with Gasteiger partial charge in [0.2, 0.25) is 0 Å².